The Morgan fingerprint density at radius 1 is 1.33 bits per heavy atom. The summed E-state index contributed by atoms with van der Waals surface area (Å²) in [5, 5.41) is 12.8. The molecule has 1 aliphatic carbocycles. The van der Waals surface area contributed by atoms with Crippen LogP contribution in [0.5, 0.6) is 0 Å². The van der Waals surface area contributed by atoms with E-state index in [1.165, 1.54) is 0 Å². The summed E-state index contributed by atoms with van der Waals surface area (Å²) in [4.78, 5) is 11.6. The van der Waals surface area contributed by atoms with Gasteiger partial charge in [-0.05, 0) is 43.5 Å². The molecule has 0 saturated heterocycles. The summed E-state index contributed by atoms with van der Waals surface area (Å²) in [6.45, 7) is 1.99. The largest absolute Gasteiger partial charge is 0.480 e. The fourth-order valence-corrected chi connectivity index (χ4v) is 3.05. The second kappa shape index (κ2) is 5.31. The average Bonchev–Trinajstić information content (AvgIpc) is 2.34. The molecule has 1 aromatic carbocycles. The van der Waals surface area contributed by atoms with Crippen LogP contribution in [-0.4, -0.2) is 16.6 Å². The number of anilines is 1. The molecule has 0 atom stereocenters. The molecule has 0 bridgehead atoms. The Bertz CT molecular complexity index is 453. The number of nitrogens with one attached hydrogen (secondary N) is 1. The molecule has 2 rings (SSSR count). The smallest absolute Gasteiger partial charge is 0.329 e. The van der Waals surface area contributed by atoms with Crippen molar-refractivity contribution in [2.24, 2.45) is 0 Å². The van der Waals surface area contributed by atoms with Crippen molar-refractivity contribution in [1.29, 1.82) is 0 Å². The third kappa shape index (κ3) is 2.69. The molecule has 0 heterocycles. The topological polar surface area (TPSA) is 49.3 Å². The maximum Gasteiger partial charge on any atom is 0.329 e. The van der Waals surface area contributed by atoms with Crippen LogP contribution in [-0.2, 0) is 4.79 Å². The third-order valence-electron chi connectivity index (χ3n) is 3.68. The Morgan fingerprint density at radius 2 is 2.00 bits per heavy atom. The number of benzene rings is 1. The molecule has 0 amide bonds. The van der Waals surface area contributed by atoms with Gasteiger partial charge in [-0.15, -0.1) is 0 Å². The zero-order valence-electron chi connectivity index (χ0n) is 10.5. The van der Waals surface area contributed by atoms with E-state index in [9.17, 15) is 9.90 Å². The number of aryl methyl sites for hydroxylation is 1. The van der Waals surface area contributed by atoms with E-state index in [2.05, 4.69) is 21.2 Å². The molecule has 98 valence electrons. The molecular weight excluding hydrogens is 294 g/mol. The molecule has 0 spiro atoms. The summed E-state index contributed by atoms with van der Waals surface area (Å²) in [7, 11) is 0. The van der Waals surface area contributed by atoms with Gasteiger partial charge in [-0.3, -0.25) is 0 Å². The standard InChI is InChI=1S/C14H18BrNO2/c1-10-9-11(15)5-6-12(10)16-14(13(17)18)7-3-2-4-8-14/h5-6,9,16H,2-4,7-8H2,1H3,(H,17,18). The van der Waals surface area contributed by atoms with Gasteiger partial charge in [-0.25, -0.2) is 4.79 Å². The summed E-state index contributed by atoms with van der Waals surface area (Å²) in [5.41, 5.74) is 1.20. The molecule has 0 aromatic heterocycles. The third-order valence-corrected chi connectivity index (χ3v) is 4.17. The number of carboxylic acid groups (broad SMARTS) is 1. The minimum atomic E-state index is -0.781. The van der Waals surface area contributed by atoms with Crippen LogP contribution in [0.25, 0.3) is 0 Å². The molecular formula is C14H18BrNO2. The minimum Gasteiger partial charge on any atom is -0.480 e. The molecule has 0 unspecified atom stereocenters. The first kappa shape index (κ1) is 13.4. The Kier molecular flexibility index (Phi) is 3.95. The number of aliphatic carboxylic acids is 1. The van der Waals surface area contributed by atoms with E-state index in [0.29, 0.717) is 12.8 Å². The van der Waals surface area contributed by atoms with Crippen LogP contribution < -0.4 is 5.32 Å². The van der Waals surface area contributed by atoms with Gasteiger partial charge >= 0.3 is 5.97 Å². The van der Waals surface area contributed by atoms with Crippen molar-refractivity contribution in [2.45, 2.75) is 44.6 Å². The molecule has 4 heteroatoms. The number of rotatable bonds is 3. The highest BCUT2D eigenvalue weighted by Crippen LogP contribution is 2.33. The fraction of sp³-hybridized carbons (Fsp3) is 0.500. The number of hydrogen-bond acceptors (Lipinski definition) is 2. The second-order valence-electron chi connectivity index (χ2n) is 5.03. The van der Waals surface area contributed by atoms with Gasteiger partial charge in [0.15, 0.2) is 0 Å². The van der Waals surface area contributed by atoms with Crippen LogP contribution in [0.4, 0.5) is 5.69 Å². The van der Waals surface area contributed by atoms with Crippen molar-refractivity contribution in [2.75, 3.05) is 5.32 Å². The van der Waals surface area contributed by atoms with Crippen molar-refractivity contribution in [1.82, 2.24) is 0 Å². The molecule has 0 aliphatic heterocycles. The predicted molar refractivity (Wildman–Crippen MR) is 76.0 cm³/mol. The van der Waals surface area contributed by atoms with E-state index >= 15 is 0 Å². The van der Waals surface area contributed by atoms with E-state index < -0.39 is 11.5 Å². The number of hydrogen-bond donors (Lipinski definition) is 2. The maximum atomic E-state index is 11.6. The van der Waals surface area contributed by atoms with Crippen LogP contribution >= 0.6 is 15.9 Å². The molecule has 1 aliphatic rings. The number of halogens is 1. The highest BCUT2D eigenvalue weighted by Gasteiger charge is 2.39. The summed E-state index contributed by atoms with van der Waals surface area (Å²) in [6.07, 6.45) is 4.51. The number of carbonyl (C=O) groups is 1. The van der Waals surface area contributed by atoms with Crippen molar-refractivity contribution < 1.29 is 9.90 Å². The van der Waals surface area contributed by atoms with Gasteiger partial charge < -0.3 is 10.4 Å². The summed E-state index contributed by atoms with van der Waals surface area (Å²) < 4.78 is 1.01. The van der Waals surface area contributed by atoms with Gasteiger partial charge in [0.2, 0.25) is 0 Å². The van der Waals surface area contributed by atoms with Gasteiger partial charge in [0.1, 0.15) is 5.54 Å². The van der Waals surface area contributed by atoms with Gasteiger partial charge in [0.05, 0.1) is 0 Å². The first-order valence-corrected chi connectivity index (χ1v) is 7.10. The highest BCUT2D eigenvalue weighted by atomic mass is 79.9. The Morgan fingerprint density at radius 3 is 2.56 bits per heavy atom. The zero-order chi connectivity index (χ0) is 13.2. The lowest BCUT2D eigenvalue weighted by Gasteiger charge is -2.35. The lowest BCUT2D eigenvalue weighted by Crippen LogP contribution is -2.48. The molecule has 1 aromatic rings. The van der Waals surface area contributed by atoms with E-state index in [-0.39, 0.29) is 0 Å². The van der Waals surface area contributed by atoms with Crippen molar-refractivity contribution in [3.05, 3.63) is 28.2 Å². The number of carboxylic acids is 1. The van der Waals surface area contributed by atoms with Crippen LogP contribution in [0.2, 0.25) is 0 Å². The average molecular weight is 312 g/mol. The summed E-state index contributed by atoms with van der Waals surface area (Å²) in [5.74, 6) is -0.732. The molecule has 2 N–H and O–H groups in total. The Labute approximate surface area is 116 Å². The van der Waals surface area contributed by atoms with E-state index in [1.54, 1.807) is 0 Å². The second-order valence-corrected chi connectivity index (χ2v) is 5.95. The van der Waals surface area contributed by atoms with Gasteiger partial charge in [-0.1, -0.05) is 35.2 Å². The van der Waals surface area contributed by atoms with Crippen molar-refractivity contribution in [3.63, 3.8) is 0 Å². The highest BCUT2D eigenvalue weighted by molar-refractivity contribution is 9.10. The predicted octanol–water partition coefficient (Wildman–Crippen LogP) is 3.96. The van der Waals surface area contributed by atoms with Gasteiger partial charge in [0.25, 0.3) is 0 Å². The summed E-state index contributed by atoms with van der Waals surface area (Å²) in [6, 6.07) is 5.88. The zero-order valence-corrected chi connectivity index (χ0v) is 12.1. The summed E-state index contributed by atoms with van der Waals surface area (Å²) >= 11 is 3.42. The Balaban J connectivity index is 2.26. The van der Waals surface area contributed by atoms with E-state index in [0.717, 1.165) is 35.0 Å². The lowest BCUT2D eigenvalue weighted by molar-refractivity contribution is -0.143. The van der Waals surface area contributed by atoms with Crippen molar-refractivity contribution in [3.8, 4) is 0 Å². The first-order chi connectivity index (χ1) is 8.53. The quantitative estimate of drug-likeness (QED) is 0.888. The fourth-order valence-electron chi connectivity index (χ4n) is 2.57. The van der Waals surface area contributed by atoms with E-state index in [4.69, 9.17) is 0 Å². The van der Waals surface area contributed by atoms with Gasteiger partial charge in [0, 0.05) is 10.2 Å². The van der Waals surface area contributed by atoms with E-state index in [1.807, 2.05) is 25.1 Å². The van der Waals surface area contributed by atoms with Crippen molar-refractivity contribution >= 4 is 27.6 Å². The normalized spacial score (nSPS) is 18.3. The van der Waals surface area contributed by atoms with Crippen LogP contribution in [0.3, 0.4) is 0 Å². The monoisotopic (exact) mass is 311 g/mol. The minimum absolute atomic E-state index is 0.706. The maximum absolute atomic E-state index is 11.6. The van der Waals surface area contributed by atoms with Crippen LogP contribution in [0.15, 0.2) is 22.7 Å². The molecule has 3 nitrogen and oxygen atoms in total. The Hall–Kier alpha value is -1.03. The SMILES string of the molecule is Cc1cc(Br)ccc1NC1(C(=O)O)CCCCC1. The van der Waals surface area contributed by atoms with Crippen LogP contribution in [0, 0.1) is 6.92 Å². The lowest BCUT2D eigenvalue weighted by atomic mass is 9.81. The molecule has 0 radical (unpaired) electrons. The van der Waals surface area contributed by atoms with Crippen LogP contribution in [0.1, 0.15) is 37.7 Å². The molecule has 18 heavy (non-hydrogen) atoms. The molecule has 1 fully saturated rings. The van der Waals surface area contributed by atoms with Gasteiger partial charge in [-0.2, -0.15) is 0 Å². The first-order valence-electron chi connectivity index (χ1n) is 6.31. The molecule has 1 saturated carbocycles.